The van der Waals surface area contributed by atoms with E-state index >= 15 is 0 Å². The topological polar surface area (TPSA) is 52.7 Å². The zero-order chi connectivity index (χ0) is 27.3. The van der Waals surface area contributed by atoms with Crippen LogP contribution in [0.15, 0.2) is 78.0 Å². The zero-order valence-corrected chi connectivity index (χ0v) is 23.6. The summed E-state index contributed by atoms with van der Waals surface area (Å²) in [6.07, 6.45) is 2.00. The van der Waals surface area contributed by atoms with Crippen LogP contribution in [0.3, 0.4) is 0 Å². The third-order valence-electron chi connectivity index (χ3n) is 8.05. The van der Waals surface area contributed by atoms with Crippen LogP contribution in [0, 0.1) is 5.41 Å². The smallest absolute Gasteiger partial charge is 0.242 e. The van der Waals surface area contributed by atoms with Crippen molar-refractivity contribution in [2.75, 3.05) is 23.3 Å². The van der Waals surface area contributed by atoms with Crippen LogP contribution in [0.1, 0.15) is 49.4 Å². The number of hydrogen-bond acceptors (Lipinski definition) is 4. The Morgan fingerprint density at radius 3 is 2.51 bits per heavy atom. The normalized spacial score (nSPS) is 20.0. The van der Waals surface area contributed by atoms with E-state index in [4.69, 9.17) is 23.2 Å². The van der Waals surface area contributed by atoms with Crippen molar-refractivity contribution in [1.29, 1.82) is 0 Å². The lowest BCUT2D eigenvalue weighted by Crippen LogP contribution is -2.45. The predicted octanol–water partition coefficient (Wildman–Crippen LogP) is 7.19. The number of carbonyl (C=O) groups is 2. The molecule has 0 aromatic heterocycles. The number of amides is 1. The monoisotopic (exact) mass is 559 g/mol. The summed E-state index contributed by atoms with van der Waals surface area (Å²) >= 11 is 12.8. The summed E-state index contributed by atoms with van der Waals surface area (Å²) in [5, 5.41) is 4.47. The molecule has 1 amide bonds. The highest BCUT2D eigenvalue weighted by Gasteiger charge is 2.42. The molecule has 2 heterocycles. The van der Waals surface area contributed by atoms with Gasteiger partial charge in [0.2, 0.25) is 5.91 Å². The molecule has 0 spiro atoms. The molecule has 1 atom stereocenters. The van der Waals surface area contributed by atoms with Gasteiger partial charge in [-0.2, -0.15) is 0 Å². The maximum Gasteiger partial charge on any atom is 0.242 e. The molecule has 1 unspecified atom stereocenters. The van der Waals surface area contributed by atoms with Crippen molar-refractivity contribution >= 4 is 46.3 Å². The first-order valence-corrected chi connectivity index (χ1v) is 14.1. The number of carbonyl (C=O) groups excluding carboxylic acids is 2. The molecule has 39 heavy (non-hydrogen) atoms. The second-order valence-corrected chi connectivity index (χ2v) is 12.3. The molecule has 7 heteroatoms. The van der Waals surface area contributed by atoms with Gasteiger partial charge in [0.1, 0.15) is 0 Å². The SMILES string of the molecule is CC1(C)CC(=O)C2=C(C1)Nc1ccccc1N(CC(=O)N1CCc3ccccc3C1)C2c1ccc(Cl)c(Cl)c1. The number of fused-ring (bicyclic) bond motifs is 2. The molecule has 3 aliphatic rings. The van der Waals surface area contributed by atoms with Gasteiger partial charge in [-0.05, 0) is 59.2 Å². The summed E-state index contributed by atoms with van der Waals surface area (Å²) in [4.78, 5) is 31.8. The highest BCUT2D eigenvalue weighted by atomic mass is 35.5. The Morgan fingerprint density at radius 2 is 1.72 bits per heavy atom. The van der Waals surface area contributed by atoms with E-state index in [2.05, 4.69) is 36.2 Å². The molecule has 0 bridgehead atoms. The van der Waals surface area contributed by atoms with E-state index < -0.39 is 6.04 Å². The van der Waals surface area contributed by atoms with Gasteiger partial charge >= 0.3 is 0 Å². The first kappa shape index (κ1) is 26.0. The number of Topliss-reactive ketones (excluding diaryl/α,β-unsaturated/α-hetero) is 1. The van der Waals surface area contributed by atoms with Crippen molar-refractivity contribution in [2.45, 2.75) is 45.7 Å². The van der Waals surface area contributed by atoms with Crippen molar-refractivity contribution in [3.63, 3.8) is 0 Å². The van der Waals surface area contributed by atoms with Gasteiger partial charge < -0.3 is 15.1 Å². The van der Waals surface area contributed by atoms with Gasteiger partial charge in [0, 0.05) is 30.8 Å². The van der Waals surface area contributed by atoms with Crippen LogP contribution in [0.2, 0.25) is 10.0 Å². The summed E-state index contributed by atoms with van der Waals surface area (Å²) in [5.41, 5.74) is 6.50. The molecule has 200 valence electrons. The molecule has 0 radical (unpaired) electrons. The average molecular weight is 561 g/mol. The minimum atomic E-state index is -0.490. The predicted molar refractivity (Wildman–Crippen MR) is 157 cm³/mol. The average Bonchev–Trinajstić information content (AvgIpc) is 3.03. The highest BCUT2D eigenvalue weighted by molar-refractivity contribution is 6.42. The van der Waals surface area contributed by atoms with Crippen molar-refractivity contribution in [3.8, 4) is 0 Å². The Kier molecular flexibility index (Phi) is 6.68. The molecule has 6 rings (SSSR count). The van der Waals surface area contributed by atoms with Crippen LogP contribution in [0.5, 0.6) is 0 Å². The number of halogens is 2. The van der Waals surface area contributed by atoms with Gasteiger partial charge in [-0.25, -0.2) is 0 Å². The summed E-state index contributed by atoms with van der Waals surface area (Å²) < 4.78 is 0. The minimum Gasteiger partial charge on any atom is -0.357 e. The van der Waals surface area contributed by atoms with Crippen molar-refractivity contribution in [1.82, 2.24) is 4.90 Å². The maximum atomic E-state index is 14.0. The largest absolute Gasteiger partial charge is 0.357 e. The Balaban J connectivity index is 1.46. The molecular weight excluding hydrogens is 529 g/mol. The highest BCUT2D eigenvalue weighted by Crippen LogP contribution is 2.48. The lowest BCUT2D eigenvalue weighted by atomic mass is 9.73. The van der Waals surface area contributed by atoms with E-state index in [0.29, 0.717) is 35.1 Å². The van der Waals surface area contributed by atoms with E-state index in [0.717, 1.165) is 35.5 Å². The van der Waals surface area contributed by atoms with Gasteiger partial charge in [-0.1, -0.05) is 79.5 Å². The van der Waals surface area contributed by atoms with E-state index in [1.165, 1.54) is 11.1 Å². The molecule has 5 nitrogen and oxygen atoms in total. The number of nitrogens with zero attached hydrogens (tertiary/aromatic N) is 2. The standard InChI is InChI=1S/C32H31Cl2N3O2/c1-32(2)16-26-30(28(38)17-32)31(21-11-12-23(33)24(34)15-21)37(27-10-6-5-9-25(27)35-26)19-29(39)36-14-13-20-7-3-4-8-22(20)18-36/h3-12,15,31,35H,13-14,16-19H2,1-2H3. The fraction of sp³-hybridized carbons (Fsp3) is 0.312. The van der Waals surface area contributed by atoms with Crippen LogP contribution in [-0.2, 0) is 22.6 Å². The number of para-hydroxylation sites is 2. The first-order valence-electron chi connectivity index (χ1n) is 13.4. The van der Waals surface area contributed by atoms with Gasteiger partial charge in [-0.3, -0.25) is 9.59 Å². The second-order valence-electron chi connectivity index (χ2n) is 11.5. The second kappa shape index (κ2) is 10.0. The zero-order valence-electron chi connectivity index (χ0n) is 22.1. The van der Waals surface area contributed by atoms with Crippen LogP contribution in [-0.4, -0.2) is 29.7 Å². The van der Waals surface area contributed by atoms with E-state index in [1.807, 2.05) is 53.4 Å². The molecule has 0 saturated carbocycles. The number of allylic oxidation sites excluding steroid dienone is 1. The third kappa shape index (κ3) is 4.94. The Hall–Kier alpha value is -3.28. The van der Waals surface area contributed by atoms with E-state index in [9.17, 15) is 9.59 Å². The van der Waals surface area contributed by atoms with E-state index in [-0.39, 0.29) is 23.7 Å². The molecule has 2 aliphatic heterocycles. The summed E-state index contributed by atoms with van der Waals surface area (Å²) in [7, 11) is 0. The molecule has 0 fully saturated rings. The van der Waals surface area contributed by atoms with Gasteiger partial charge in [-0.15, -0.1) is 0 Å². The molecule has 3 aromatic carbocycles. The van der Waals surface area contributed by atoms with Gasteiger partial charge in [0.05, 0.1) is 34.0 Å². The number of nitrogens with one attached hydrogen (secondary N) is 1. The molecule has 1 aliphatic carbocycles. The fourth-order valence-corrected chi connectivity index (χ4v) is 6.52. The van der Waals surface area contributed by atoms with Gasteiger partial charge in [0.15, 0.2) is 5.78 Å². The fourth-order valence-electron chi connectivity index (χ4n) is 6.21. The number of ketones is 1. The molecule has 1 N–H and O–H groups in total. The van der Waals surface area contributed by atoms with Crippen LogP contribution >= 0.6 is 23.2 Å². The lowest BCUT2D eigenvalue weighted by Gasteiger charge is -2.39. The number of rotatable bonds is 3. The molecule has 3 aromatic rings. The number of anilines is 2. The van der Waals surface area contributed by atoms with E-state index in [1.54, 1.807) is 6.07 Å². The summed E-state index contributed by atoms with van der Waals surface area (Å²) in [5.74, 6) is 0.110. The maximum absolute atomic E-state index is 14.0. The minimum absolute atomic E-state index is 0.0250. The van der Waals surface area contributed by atoms with Crippen molar-refractivity contribution in [2.24, 2.45) is 5.41 Å². The summed E-state index contributed by atoms with van der Waals surface area (Å²) in [6.45, 7) is 5.62. The quantitative estimate of drug-likeness (QED) is 0.368. The van der Waals surface area contributed by atoms with Crippen molar-refractivity contribution in [3.05, 3.63) is 105 Å². The van der Waals surface area contributed by atoms with Crippen LogP contribution in [0.25, 0.3) is 0 Å². The van der Waals surface area contributed by atoms with Crippen molar-refractivity contribution < 1.29 is 9.59 Å². The molecular formula is C32H31Cl2N3O2. The number of benzene rings is 3. The third-order valence-corrected chi connectivity index (χ3v) is 8.79. The first-order chi connectivity index (χ1) is 18.7. The molecule has 0 saturated heterocycles. The van der Waals surface area contributed by atoms with Gasteiger partial charge in [0.25, 0.3) is 0 Å². The van der Waals surface area contributed by atoms with Crippen LogP contribution in [0.4, 0.5) is 11.4 Å². The summed E-state index contributed by atoms with van der Waals surface area (Å²) in [6, 6.07) is 21.3. The Labute approximate surface area is 239 Å². The Morgan fingerprint density at radius 1 is 0.974 bits per heavy atom. The Bertz CT molecular complexity index is 1510. The number of hydrogen-bond donors (Lipinski definition) is 1. The van der Waals surface area contributed by atoms with Crippen LogP contribution < -0.4 is 10.2 Å². The lowest BCUT2D eigenvalue weighted by molar-refractivity contribution is -0.130.